The maximum absolute atomic E-state index is 12.7. The molecular formula is C25H34ClN5O6. The highest BCUT2D eigenvalue weighted by molar-refractivity contribution is 6.33. The molecule has 3 rings (SSSR count). The number of anilines is 1. The summed E-state index contributed by atoms with van der Waals surface area (Å²) in [5, 5.41) is 15.2. The molecule has 2 heterocycles. The summed E-state index contributed by atoms with van der Waals surface area (Å²) in [5.74, 6) is -0.897. The molecule has 0 aliphatic carbocycles. The fraction of sp³-hybridized carbons (Fsp3) is 0.480. The number of ether oxygens (including phenoxy) is 2. The number of halogens is 1. The number of methoxy groups -OCH3 is 1. The number of amides is 1. The lowest BCUT2D eigenvalue weighted by Gasteiger charge is -2.38. The zero-order valence-electron chi connectivity index (χ0n) is 20.8. The molecule has 0 saturated carbocycles. The van der Waals surface area contributed by atoms with E-state index in [9.17, 15) is 14.4 Å². The quantitative estimate of drug-likeness (QED) is 0.195. The number of likely N-dealkylation sites (tertiary alicyclic amines) is 1. The summed E-state index contributed by atoms with van der Waals surface area (Å²) in [7, 11) is 1.60. The molecule has 0 spiro atoms. The number of hydrogen-bond donors (Lipinski definition) is 5. The molecule has 0 bridgehead atoms. The van der Waals surface area contributed by atoms with E-state index in [4.69, 9.17) is 31.9 Å². The summed E-state index contributed by atoms with van der Waals surface area (Å²) < 4.78 is 10.7. The van der Waals surface area contributed by atoms with Gasteiger partial charge in [0, 0.05) is 52.9 Å². The lowest BCUT2D eigenvalue weighted by Crippen LogP contribution is -2.55. The van der Waals surface area contributed by atoms with Crippen LogP contribution in [-0.2, 0) is 16.0 Å². The van der Waals surface area contributed by atoms with Crippen molar-refractivity contribution in [1.82, 2.24) is 20.5 Å². The summed E-state index contributed by atoms with van der Waals surface area (Å²) in [6, 6.07) is 8.24. The number of aromatic amines is 1. The van der Waals surface area contributed by atoms with Crippen LogP contribution < -0.4 is 21.9 Å². The van der Waals surface area contributed by atoms with Crippen LogP contribution >= 0.6 is 11.6 Å². The van der Waals surface area contributed by atoms with Gasteiger partial charge in [0.25, 0.3) is 11.5 Å². The molecule has 1 aromatic heterocycles. The lowest BCUT2D eigenvalue weighted by molar-refractivity contribution is 0.00678. The van der Waals surface area contributed by atoms with Crippen molar-refractivity contribution in [3.8, 4) is 0 Å². The number of aliphatic hydroxyl groups excluding tert-OH is 1. The van der Waals surface area contributed by atoms with Gasteiger partial charge in [-0.2, -0.15) is 0 Å². The third-order valence-electron chi connectivity index (χ3n) is 6.19. The van der Waals surface area contributed by atoms with E-state index in [0.29, 0.717) is 31.5 Å². The van der Waals surface area contributed by atoms with E-state index in [1.165, 1.54) is 6.07 Å². The number of carbonyl (C=O) groups excluding carboxylic acids is 2. The van der Waals surface area contributed by atoms with Crippen LogP contribution in [0.25, 0.3) is 0 Å². The number of nitrogens with zero attached hydrogens (tertiary/aromatic N) is 1. The summed E-state index contributed by atoms with van der Waals surface area (Å²) >= 11 is 5.95. The van der Waals surface area contributed by atoms with E-state index in [2.05, 4.69) is 20.5 Å². The Labute approximate surface area is 220 Å². The van der Waals surface area contributed by atoms with E-state index in [-0.39, 0.29) is 41.8 Å². The minimum atomic E-state index is -0.593. The molecule has 1 aromatic carbocycles. The Bertz CT molecular complexity index is 1110. The zero-order chi connectivity index (χ0) is 26.8. The SMILES string of the molecule is CO[C@H]1CN(CCNCc2ccc(C(=O)OCCCO)cc2)CC[C@H]1NC(=O)c1cc(Cl)c(N)[nH]c1=O. The van der Waals surface area contributed by atoms with Gasteiger partial charge in [0.1, 0.15) is 11.4 Å². The summed E-state index contributed by atoms with van der Waals surface area (Å²) in [6.45, 7) is 3.78. The summed E-state index contributed by atoms with van der Waals surface area (Å²) in [5.41, 5.74) is 6.42. The molecule has 1 aliphatic rings. The molecule has 0 radical (unpaired) electrons. The Morgan fingerprint density at radius 2 is 2.05 bits per heavy atom. The van der Waals surface area contributed by atoms with Gasteiger partial charge in [0.15, 0.2) is 0 Å². The van der Waals surface area contributed by atoms with Gasteiger partial charge in [-0.05, 0) is 30.2 Å². The number of nitrogen functional groups attached to an aromatic ring is 1. The fourth-order valence-corrected chi connectivity index (χ4v) is 4.22. The molecule has 1 aliphatic heterocycles. The first kappa shape index (κ1) is 28.6. The number of nitrogens with one attached hydrogen (secondary N) is 3. The Morgan fingerprint density at radius 3 is 2.76 bits per heavy atom. The predicted molar refractivity (Wildman–Crippen MR) is 140 cm³/mol. The zero-order valence-corrected chi connectivity index (χ0v) is 21.6. The summed E-state index contributed by atoms with van der Waals surface area (Å²) in [6.07, 6.45) is 0.858. The smallest absolute Gasteiger partial charge is 0.338 e. The van der Waals surface area contributed by atoms with Crippen LogP contribution in [0, 0.1) is 0 Å². The minimum absolute atomic E-state index is 0.0128. The maximum Gasteiger partial charge on any atom is 0.338 e. The van der Waals surface area contributed by atoms with Gasteiger partial charge < -0.3 is 35.9 Å². The van der Waals surface area contributed by atoms with Gasteiger partial charge >= 0.3 is 5.97 Å². The number of carbonyl (C=O) groups is 2. The van der Waals surface area contributed by atoms with Crippen LogP contribution in [0.2, 0.25) is 5.02 Å². The third kappa shape index (κ3) is 8.27. The highest BCUT2D eigenvalue weighted by Crippen LogP contribution is 2.17. The average Bonchev–Trinajstić information content (AvgIpc) is 2.89. The molecule has 6 N–H and O–H groups in total. The van der Waals surface area contributed by atoms with Gasteiger partial charge in [-0.3, -0.25) is 14.5 Å². The average molecular weight is 536 g/mol. The highest BCUT2D eigenvalue weighted by atomic mass is 35.5. The van der Waals surface area contributed by atoms with Crippen LogP contribution in [-0.4, -0.2) is 85.5 Å². The highest BCUT2D eigenvalue weighted by Gasteiger charge is 2.31. The van der Waals surface area contributed by atoms with E-state index in [1.54, 1.807) is 19.2 Å². The number of esters is 1. The van der Waals surface area contributed by atoms with E-state index < -0.39 is 17.4 Å². The van der Waals surface area contributed by atoms with Crippen molar-refractivity contribution >= 4 is 29.3 Å². The predicted octanol–water partition coefficient (Wildman–Crippen LogP) is 0.759. The van der Waals surface area contributed by atoms with Crippen LogP contribution in [0.3, 0.4) is 0 Å². The first-order valence-corrected chi connectivity index (χ1v) is 12.5. The Kier molecular flexibility index (Phi) is 10.9. The first-order valence-electron chi connectivity index (χ1n) is 12.1. The number of aliphatic hydroxyl groups is 1. The molecule has 0 unspecified atom stereocenters. The Balaban J connectivity index is 1.41. The van der Waals surface area contributed by atoms with E-state index in [1.807, 2.05) is 12.1 Å². The third-order valence-corrected chi connectivity index (χ3v) is 6.50. The van der Waals surface area contributed by atoms with Crippen molar-refractivity contribution in [3.05, 3.63) is 62.4 Å². The molecule has 37 heavy (non-hydrogen) atoms. The number of H-pyrrole nitrogens is 1. The molecule has 1 fully saturated rings. The molecule has 202 valence electrons. The molecule has 12 heteroatoms. The molecule has 1 saturated heterocycles. The van der Waals surface area contributed by atoms with Crippen molar-refractivity contribution in [2.75, 3.05) is 52.2 Å². The van der Waals surface area contributed by atoms with Gasteiger partial charge in [-0.1, -0.05) is 23.7 Å². The largest absolute Gasteiger partial charge is 0.462 e. The standard InChI is InChI=1S/C25H34ClN5O6/c1-36-21-15-31(9-7-20(21)29-23(33)18-13-19(26)22(27)30-24(18)34)10-8-28-14-16-3-5-17(6-4-16)25(35)37-12-2-11-32/h3-6,13,20-21,28,32H,2,7-12,14-15H2,1H3,(H,29,33)(H3,27,30,34)/t20-,21+/m1/s1. The van der Waals surface area contributed by atoms with E-state index in [0.717, 1.165) is 25.2 Å². The van der Waals surface area contributed by atoms with Gasteiger partial charge in [-0.25, -0.2) is 4.79 Å². The second-order valence-corrected chi connectivity index (χ2v) is 9.21. The maximum atomic E-state index is 12.7. The van der Waals surface area contributed by atoms with Crippen LogP contribution in [0.15, 0.2) is 35.1 Å². The van der Waals surface area contributed by atoms with Crippen molar-refractivity contribution in [1.29, 1.82) is 0 Å². The Morgan fingerprint density at radius 1 is 1.30 bits per heavy atom. The van der Waals surface area contributed by atoms with Crippen molar-refractivity contribution < 1.29 is 24.2 Å². The number of pyridine rings is 1. The lowest BCUT2D eigenvalue weighted by atomic mass is 10.0. The van der Waals surface area contributed by atoms with Gasteiger partial charge in [0.2, 0.25) is 0 Å². The van der Waals surface area contributed by atoms with E-state index >= 15 is 0 Å². The molecule has 1 amide bonds. The number of piperidine rings is 1. The molecular weight excluding hydrogens is 502 g/mol. The minimum Gasteiger partial charge on any atom is -0.462 e. The first-order chi connectivity index (χ1) is 17.8. The number of aromatic nitrogens is 1. The van der Waals surface area contributed by atoms with Crippen LogP contribution in [0.5, 0.6) is 0 Å². The van der Waals surface area contributed by atoms with Crippen LogP contribution in [0.1, 0.15) is 39.1 Å². The number of hydrogen-bond acceptors (Lipinski definition) is 9. The van der Waals surface area contributed by atoms with Crippen LogP contribution in [0.4, 0.5) is 5.82 Å². The second kappa shape index (κ2) is 14.1. The fourth-order valence-electron chi connectivity index (χ4n) is 4.06. The monoisotopic (exact) mass is 535 g/mol. The van der Waals surface area contributed by atoms with Crippen molar-refractivity contribution in [2.24, 2.45) is 0 Å². The van der Waals surface area contributed by atoms with Crippen molar-refractivity contribution in [2.45, 2.75) is 31.5 Å². The van der Waals surface area contributed by atoms with Crippen molar-refractivity contribution in [3.63, 3.8) is 0 Å². The summed E-state index contributed by atoms with van der Waals surface area (Å²) in [4.78, 5) is 41.3. The number of rotatable bonds is 12. The van der Waals surface area contributed by atoms with Gasteiger partial charge in [0.05, 0.1) is 29.3 Å². The number of nitrogens with two attached hydrogens (primary N) is 1. The Hall–Kier alpha value is -2.96. The molecule has 2 aromatic rings. The topological polar surface area (TPSA) is 159 Å². The normalized spacial score (nSPS) is 17.9. The molecule has 2 atom stereocenters. The second-order valence-electron chi connectivity index (χ2n) is 8.80. The number of benzene rings is 1. The molecule has 11 nitrogen and oxygen atoms in total. The van der Waals surface area contributed by atoms with Gasteiger partial charge in [-0.15, -0.1) is 0 Å².